The molecule has 1 fully saturated rings. The second kappa shape index (κ2) is 5.86. The highest BCUT2D eigenvalue weighted by atomic mass is 19.4. The van der Waals surface area contributed by atoms with Crippen molar-refractivity contribution in [3.8, 4) is 0 Å². The first kappa shape index (κ1) is 16.6. The van der Waals surface area contributed by atoms with Crippen molar-refractivity contribution in [2.24, 2.45) is 7.05 Å². The standard InChI is InChI=1S/C19H16F3N3O/c1-24-16-8-3-2-7-15(16)23-18(24)12-9-17(26)25(11-12)14-6-4-5-13(10-14)19(20,21)22/h2-8,10,12H,9,11H2,1H3/t12-/m1/s1. The number of carbonyl (C=O) groups excluding carboxylic acids is 1. The zero-order valence-corrected chi connectivity index (χ0v) is 14.0. The first-order valence-electron chi connectivity index (χ1n) is 8.23. The Balaban J connectivity index is 1.66. The minimum absolute atomic E-state index is 0.158. The van der Waals surface area contributed by atoms with E-state index in [0.29, 0.717) is 6.54 Å². The summed E-state index contributed by atoms with van der Waals surface area (Å²) in [6.07, 6.45) is -4.21. The molecule has 3 aromatic rings. The lowest BCUT2D eigenvalue weighted by Gasteiger charge is -2.18. The smallest absolute Gasteiger partial charge is 0.331 e. The molecule has 1 aromatic heterocycles. The third kappa shape index (κ3) is 2.73. The van der Waals surface area contributed by atoms with E-state index in [1.54, 1.807) is 0 Å². The lowest BCUT2D eigenvalue weighted by Crippen LogP contribution is -2.25. The molecule has 4 rings (SSSR count). The van der Waals surface area contributed by atoms with Crippen molar-refractivity contribution in [3.63, 3.8) is 0 Å². The van der Waals surface area contributed by atoms with E-state index in [-0.39, 0.29) is 23.9 Å². The molecule has 1 atom stereocenters. The fourth-order valence-electron chi connectivity index (χ4n) is 3.51. The van der Waals surface area contributed by atoms with Gasteiger partial charge < -0.3 is 9.47 Å². The number of imidazole rings is 1. The average Bonchev–Trinajstić information content (AvgIpc) is 3.15. The van der Waals surface area contributed by atoms with Crippen LogP contribution in [0.5, 0.6) is 0 Å². The predicted molar refractivity (Wildman–Crippen MR) is 91.9 cm³/mol. The number of halogens is 3. The van der Waals surface area contributed by atoms with Crippen molar-refractivity contribution >= 4 is 22.6 Å². The van der Waals surface area contributed by atoms with E-state index in [9.17, 15) is 18.0 Å². The maximum absolute atomic E-state index is 12.9. The molecule has 0 unspecified atom stereocenters. The number of nitrogens with zero attached hydrogens (tertiary/aromatic N) is 3. The highest BCUT2D eigenvalue weighted by Crippen LogP contribution is 2.36. The molecule has 7 heteroatoms. The van der Waals surface area contributed by atoms with Gasteiger partial charge in [-0.25, -0.2) is 4.98 Å². The minimum Gasteiger partial charge on any atom is -0.331 e. The zero-order valence-electron chi connectivity index (χ0n) is 14.0. The number of alkyl halides is 3. The summed E-state index contributed by atoms with van der Waals surface area (Å²) in [5.41, 5.74) is 1.32. The molecule has 0 saturated carbocycles. The van der Waals surface area contributed by atoms with E-state index < -0.39 is 11.7 Å². The Kier molecular flexibility index (Phi) is 3.75. The Morgan fingerprint density at radius 2 is 1.88 bits per heavy atom. The van der Waals surface area contributed by atoms with Crippen LogP contribution < -0.4 is 4.90 Å². The topological polar surface area (TPSA) is 38.1 Å². The Labute approximate surface area is 147 Å². The Morgan fingerprint density at radius 3 is 2.62 bits per heavy atom. The summed E-state index contributed by atoms with van der Waals surface area (Å²) in [4.78, 5) is 18.5. The lowest BCUT2D eigenvalue weighted by molar-refractivity contribution is -0.137. The summed E-state index contributed by atoms with van der Waals surface area (Å²) in [6, 6.07) is 12.6. The number of fused-ring (bicyclic) bond motifs is 1. The van der Waals surface area contributed by atoms with Gasteiger partial charge >= 0.3 is 6.18 Å². The van der Waals surface area contributed by atoms with E-state index >= 15 is 0 Å². The minimum atomic E-state index is -4.43. The Hall–Kier alpha value is -2.83. The van der Waals surface area contributed by atoms with Crippen molar-refractivity contribution in [1.82, 2.24) is 9.55 Å². The van der Waals surface area contributed by atoms with E-state index in [0.717, 1.165) is 29.0 Å². The maximum Gasteiger partial charge on any atom is 0.416 e. The number of aryl methyl sites for hydroxylation is 1. The van der Waals surface area contributed by atoms with Crippen LogP contribution in [0, 0.1) is 0 Å². The van der Waals surface area contributed by atoms with E-state index in [1.807, 2.05) is 35.9 Å². The fourth-order valence-corrected chi connectivity index (χ4v) is 3.51. The SMILES string of the molecule is Cn1c([C@@H]2CC(=O)N(c3cccc(C(F)(F)F)c3)C2)nc2ccccc21. The van der Waals surface area contributed by atoms with E-state index in [1.165, 1.54) is 17.0 Å². The predicted octanol–water partition coefficient (Wildman–Crippen LogP) is 4.11. The molecule has 26 heavy (non-hydrogen) atoms. The third-order valence-electron chi connectivity index (χ3n) is 4.80. The number of aromatic nitrogens is 2. The first-order chi connectivity index (χ1) is 12.3. The van der Waals surface area contributed by atoms with E-state index in [2.05, 4.69) is 4.98 Å². The zero-order chi connectivity index (χ0) is 18.5. The number of anilines is 1. The van der Waals surface area contributed by atoms with Crippen LogP contribution in [0.15, 0.2) is 48.5 Å². The number of para-hydroxylation sites is 2. The molecule has 1 aliphatic rings. The molecule has 0 radical (unpaired) electrons. The molecule has 2 heterocycles. The van der Waals surface area contributed by atoms with Gasteiger partial charge in [-0.15, -0.1) is 0 Å². The number of carbonyl (C=O) groups is 1. The second-order valence-corrected chi connectivity index (χ2v) is 6.47. The second-order valence-electron chi connectivity index (χ2n) is 6.47. The largest absolute Gasteiger partial charge is 0.416 e. The number of hydrogen-bond acceptors (Lipinski definition) is 2. The molecule has 1 aliphatic heterocycles. The number of hydrogen-bond donors (Lipinski definition) is 0. The summed E-state index contributed by atoms with van der Waals surface area (Å²) >= 11 is 0. The molecule has 134 valence electrons. The number of amides is 1. The number of rotatable bonds is 2. The van der Waals surface area contributed by atoms with Gasteiger partial charge in [-0.2, -0.15) is 13.2 Å². The van der Waals surface area contributed by atoms with Crippen LogP contribution in [0.4, 0.5) is 18.9 Å². The summed E-state index contributed by atoms with van der Waals surface area (Å²) < 4.78 is 40.8. The van der Waals surface area contributed by atoms with Crippen LogP contribution in [0.3, 0.4) is 0 Å². The molecule has 4 nitrogen and oxygen atoms in total. The monoisotopic (exact) mass is 359 g/mol. The van der Waals surface area contributed by atoms with Gasteiger partial charge in [0.25, 0.3) is 0 Å². The van der Waals surface area contributed by atoms with Crippen molar-refractivity contribution in [3.05, 3.63) is 59.9 Å². The normalized spacial score (nSPS) is 18.1. The van der Waals surface area contributed by atoms with Gasteiger partial charge in [-0.1, -0.05) is 18.2 Å². The summed E-state index contributed by atoms with van der Waals surface area (Å²) in [5.74, 6) is 0.421. The molecular weight excluding hydrogens is 343 g/mol. The number of benzene rings is 2. The average molecular weight is 359 g/mol. The highest BCUT2D eigenvalue weighted by molar-refractivity contribution is 5.96. The highest BCUT2D eigenvalue weighted by Gasteiger charge is 2.36. The van der Waals surface area contributed by atoms with E-state index in [4.69, 9.17) is 0 Å². The van der Waals surface area contributed by atoms with Gasteiger partial charge in [-0.05, 0) is 30.3 Å². The lowest BCUT2D eigenvalue weighted by atomic mass is 10.1. The van der Waals surface area contributed by atoms with Crippen LogP contribution in [-0.4, -0.2) is 22.0 Å². The molecule has 0 N–H and O–H groups in total. The van der Waals surface area contributed by atoms with Gasteiger partial charge in [0.05, 0.1) is 16.6 Å². The molecule has 0 spiro atoms. The molecule has 1 amide bonds. The van der Waals surface area contributed by atoms with Crippen molar-refractivity contribution in [2.45, 2.75) is 18.5 Å². The summed E-state index contributed by atoms with van der Waals surface area (Å²) in [7, 11) is 1.89. The van der Waals surface area contributed by atoms with Gasteiger partial charge in [0.1, 0.15) is 5.82 Å². The molecule has 2 aromatic carbocycles. The van der Waals surface area contributed by atoms with Gasteiger partial charge in [0.2, 0.25) is 5.91 Å². The van der Waals surface area contributed by atoms with Crippen LogP contribution >= 0.6 is 0 Å². The van der Waals surface area contributed by atoms with Gasteiger partial charge in [-0.3, -0.25) is 4.79 Å². The quantitative estimate of drug-likeness (QED) is 0.691. The summed E-state index contributed by atoms with van der Waals surface area (Å²) in [6.45, 7) is 0.317. The summed E-state index contributed by atoms with van der Waals surface area (Å²) in [5, 5.41) is 0. The van der Waals surface area contributed by atoms with Crippen molar-refractivity contribution in [2.75, 3.05) is 11.4 Å². The van der Waals surface area contributed by atoms with Crippen LogP contribution in [0.1, 0.15) is 23.7 Å². The molecule has 1 saturated heterocycles. The third-order valence-corrected chi connectivity index (χ3v) is 4.80. The molecule has 0 bridgehead atoms. The Morgan fingerprint density at radius 1 is 1.12 bits per heavy atom. The van der Waals surface area contributed by atoms with Crippen LogP contribution in [0.25, 0.3) is 11.0 Å². The van der Waals surface area contributed by atoms with Crippen LogP contribution in [-0.2, 0) is 18.0 Å². The van der Waals surface area contributed by atoms with Crippen LogP contribution in [0.2, 0.25) is 0 Å². The first-order valence-corrected chi connectivity index (χ1v) is 8.23. The Bertz CT molecular complexity index is 993. The maximum atomic E-state index is 12.9. The fraction of sp³-hybridized carbons (Fsp3) is 0.263. The molecule has 0 aliphatic carbocycles. The van der Waals surface area contributed by atoms with Crippen molar-refractivity contribution in [1.29, 1.82) is 0 Å². The van der Waals surface area contributed by atoms with Gasteiger partial charge in [0, 0.05) is 31.6 Å². The van der Waals surface area contributed by atoms with Gasteiger partial charge in [0.15, 0.2) is 0 Å². The van der Waals surface area contributed by atoms with Crippen molar-refractivity contribution < 1.29 is 18.0 Å². The molecular formula is C19H16F3N3O.